The molecule has 2 rings (SSSR count). The van der Waals surface area contributed by atoms with Gasteiger partial charge in [-0.05, 0) is 124 Å². The van der Waals surface area contributed by atoms with Crippen molar-refractivity contribution in [2.45, 2.75) is 252 Å². The van der Waals surface area contributed by atoms with Crippen LogP contribution in [0.5, 0.6) is 0 Å². The molecule has 0 aliphatic heterocycles. The largest absolute Gasteiger partial charge is 0.510 e. The summed E-state index contributed by atoms with van der Waals surface area (Å²) in [5, 5.41) is 10.2. The second-order valence-electron chi connectivity index (χ2n) is 18.5. The topological polar surface area (TPSA) is 115 Å². The third kappa shape index (κ3) is 17.6. The number of amides is 3. The van der Waals surface area contributed by atoms with Crippen LogP contribution < -0.4 is 0 Å². The van der Waals surface area contributed by atoms with Crippen LogP contribution in [0.3, 0.4) is 0 Å². The van der Waals surface area contributed by atoms with Crippen molar-refractivity contribution in [3.8, 4) is 0 Å². The molecule has 1 unspecified atom stereocenters. The monoisotopic (exact) mass is 807 g/mol. The van der Waals surface area contributed by atoms with Crippen LogP contribution in [0.1, 0.15) is 229 Å². The number of nitrogens with zero attached hydrogens (tertiary/aromatic N) is 2. The molecule has 0 saturated heterocycles. The lowest BCUT2D eigenvalue weighted by Crippen LogP contribution is -2.46. The van der Waals surface area contributed by atoms with Gasteiger partial charge in [0.25, 0.3) is 0 Å². The lowest BCUT2D eigenvalue weighted by molar-refractivity contribution is -0.0481. The molecular formula is C47H86N2O8. The molecule has 0 aromatic carbocycles. The Kier molecular flexibility index (Phi) is 22.8. The summed E-state index contributed by atoms with van der Waals surface area (Å²) in [7, 11) is 0. The Balaban J connectivity index is 1.83. The molecule has 0 aromatic rings. The molecule has 2 fully saturated rings. The lowest BCUT2D eigenvalue weighted by atomic mass is 9.87. The van der Waals surface area contributed by atoms with Crippen LogP contribution in [0.2, 0.25) is 0 Å². The van der Waals surface area contributed by atoms with E-state index in [1.54, 1.807) is 0 Å². The average molecular weight is 807 g/mol. The van der Waals surface area contributed by atoms with E-state index in [1.165, 1.54) is 35.5 Å². The highest BCUT2D eigenvalue weighted by Gasteiger charge is 2.42. The van der Waals surface area contributed by atoms with E-state index in [-0.39, 0.29) is 11.8 Å². The maximum atomic E-state index is 13.7. The SMILES string of the molecule is CCCCCCCCCN(C(=O)OC(C)(C)C(C)CCCCCCCCCN(C(=O)OC1(CC)CCCC1)C(=O)OC1(CC)CCCC1)C(=CO)OC(C)(C)CC. The first kappa shape index (κ1) is 50.5. The highest BCUT2D eigenvalue weighted by Crippen LogP contribution is 2.38. The highest BCUT2D eigenvalue weighted by molar-refractivity contribution is 5.88. The van der Waals surface area contributed by atoms with Crippen LogP contribution in [-0.4, -0.2) is 68.7 Å². The summed E-state index contributed by atoms with van der Waals surface area (Å²) >= 11 is 0. The number of carbonyl (C=O) groups is 3. The first-order chi connectivity index (χ1) is 27.1. The summed E-state index contributed by atoms with van der Waals surface area (Å²) in [4.78, 5) is 43.4. The minimum absolute atomic E-state index is 0.133. The number of carbonyl (C=O) groups excluding carboxylic acids is 3. The van der Waals surface area contributed by atoms with Crippen molar-refractivity contribution < 1.29 is 38.4 Å². The van der Waals surface area contributed by atoms with Crippen molar-refractivity contribution in [3.63, 3.8) is 0 Å². The van der Waals surface area contributed by atoms with Crippen LogP contribution >= 0.6 is 0 Å². The fraction of sp³-hybridized carbons (Fsp3) is 0.894. The maximum Gasteiger partial charge on any atom is 0.419 e. The standard InChI is InChI=1S/C47H86N2O8/c1-10-14-15-16-19-22-29-36-48(40(38-50)54-44(6,7)11-2)41(51)55-45(8,9)39(5)31-24-21-18-17-20-23-30-37-49(42(52)56-46(12-3)32-25-26-33-46)43(53)57-47(13-4)34-27-28-35-47/h38-39,50H,10-37H2,1-9H3. The van der Waals surface area contributed by atoms with Crippen LogP contribution in [0.15, 0.2) is 12.1 Å². The van der Waals surface area contributed by atoms with Crippen molar-refractivity contribution in [3.05, 3.63) is 12.1 Å². The van der Waals surface area contributed by atoms with Gasteiger partial charge < -0.3 is 24.1 Å². The second kappa shape index (κ2) is 25.8. The molecule has 332 valence electrons. The molecule has 10 nitrogen and oxygen atoms in total. The number of hydrogen-bond acceptors (Lipinski definition) is 8. The fourth-order valence-electron chi connectivity index (χ4n) is 8.19. The zero-order valence-corrected chi connectivity index (χ0v) is 38.2. The molecule has 57 heavy (non-hydrogen) atoms. The lowest BCUT2D eigenvalue weighted by Gasteiger charge is -2.36. The smallest absolute Gasteiger partial charge is 0.419 e. The number of unbranched alkanes of at least 4 members (excludes halogenated alkanes) is 12. The summed E-state index contributed by atoms with van der Waals surface area (Å²) < 4.78 is 24.4. The molecule has 2 aliphatic rings. The van der Waals surface area contributed by atoms with E-state index in [0.717, 1.165) is 148 Å². The minimum Gasteiger partial charge on any atom is -0.510 e. The van der Waals surface area contributed by atoms with Crippen LogP contribution in [0.25, 0.3) is 0 Å². The van der Waals surface area contributed by atoms with E-state index in [4.69, 9.17) is 18.9 Å². The number of ether oxygens (including phenoxy) is 4. The molecule has 1 atom stereocenters. The quantitative estimate of drug-likeness (QED) is 0.0472. The molecule has 0 bridgehead atoms. The van der Waals surface area contributed by atoms with Crippen molar-refractivity contribution >= 4 is 18.3 Å². The van der Waals surface area contributed by atoms with E-state index in [1.807, 2.05) is 34.6 Å². The van der Waals surface area contributed by atoms with E-state index in [9.17, 15) is 19.5 Å². The van der Waals surface area contributed by atoms with Gasteiger partial charge in [-0.1, -0.05) is 112 Å². The normalized spacial score (nSPS) is 17.2. The number of aliphatic hydroxyl groups is 1. The molecule has 10 heteroatoms. The van der Waals surface area contributed by atoms with Gasteiger partial charge in [-0.25, -0.2) is 24.2 Å². The van der Waals surface area contributed by atoms with Crippen molar-refractivity contribution in [2.75, 3.05) is 13.1 Å². The van der Waals surface area contributed by atoms with Gasteiger partial charge in [-0.3, -0.25) is 0 Å². The zero-order valence-electron chi connectivity index (χ0n) is 38.2. The molecule has 2 saturated carbocycles. The van der Waals surface area contributed by atoms with E-state index < -0.39 is 40.7 Å². The summed E-state index contributed by atoms with van der Waals surface area (Å²) in [5.74, 6) is 0.269. The molecule has 0 spiro atoms. The Bertz CT molecular complexity index is 1150. The Labute approximate surface area is 348 Å². The number of hydrogen-bond donors (Lipinski definition) is 1. The van der Waals surface area contributed by atoms with Crippen molar-refractivity contribution in [1.29, 1.82) is 0 Å². The Morgan fingerprint density at radius 1 is 0.614 bits per heavy atom. The van der Waals surface area contributed by atoms with Gasteiger partial charge in [0.05, 0.1) is 0 Å². The van der Waals surface area contributed by atoms with Gasteiger partial charge in [-0.15, -0.1) is 0 Å². The third-order valence-electron chi connectivity index (χ3n) is 13.2. The summed E-state index contributed by atoms with van der Waals surface area (Å²) in [6, 6.07) is 0. The van der Waals surface area contributed by atoms with Crippen LogP contribution in [0.4, 0.5) is 14.4 Å². The summed E-state index contributed by atoms with van der Waals surface area (Å²) in [5.41, 5.74) is -2.17. The van der Waals surface area contributed by atoms with E-state index in [2.05, 4.69) is 27.7 Å². The predicted octanol–water partition coefficient (Wildman–Crippen LogP) is 14.3. The fourth-order valence-corrected chi connectivity index (χ4v) is 8.19. The van der Waals surface area contributed by atoms with Gasteiger partial charge in [0.1, 0.15) is 28.7 Å². The number of rotatable bonds is 28. The number of imide groups is 1. The van der Waals surface area contributed by atoms with Crippen LogP contribution in [-0.2, 0) is 18.9 Å². The highest BCUT2D eigenvalue weighted by atomic mass is 16.6. The van der Waals surface area contributed by atoms with Gasteiger partial charge in [0.2, 0.25) is 5.88 Å². The summed E-state index contributed by atoms with van der Waals surface area (Å²) in [6.07, 6.45) is 24.9. The molecule has 0 heterocycles. The molecule has 1 N–H and O–H groups in total. The molecule has 0 aromatic heterocycles. The van der Waals surface area contributed by atoms with E-state index in [0.29, 0.717) is 13.1 Å². The van der Waals surface area contributed by atoms with Gasteiger partial charge in [-0.2, -0.15) is 0 Å². The minimum atomic E-state index is -0.701. The average Bonchev–Trinajstić information content (AvgIpc) is 3.86. The Morgan fingerprint density at radius 2 is 1.04 bits per heavy atom. The Morgan fingerprint density at radius 3 is 1.46 bits per heavy atom. The summed E-state index contributed by atoms with van der Waals surface area (Å²) in [6.45, 7) is 19.1. The van der Waals surface area contributed by atoms with Gasteiger partial charge in [0.15, 0.2) is 0 Å². The zero-order chi connectivity index (χ0) is 42.4. The Hall–Kier alpha value is -2.65. The predicted molar refractivity (Wildman–Crippen MR) is 230 cm³/mol. The van der Waals surface area contributed by atoms with Gasteiger partial charge in [0, 0.05) is 13.1 Å². The van der Waals surface area contributed by atoms with Crippen molar-refractivity contribution in [1.82, 2.24) is 9.80 Å². The third-order valence-corrected chi connectivity index (χ3v) is 13.2. The maximum absolute atomic E-state index is 13.7. The van der Waals surface area contributed by atoms with Crippen LogP contribution in [0, 0.1) is 5.92 Å². The molecular weight excluding hydrogens is 721 g/mol. The van der Waals surface area contributed by atoms with Gasteiger partial charge >= 0.3 is 18.3 Å². The first-order valence-electron chi connectivity index (χ1n) is 23.4. The molecule has 3 amide bonds. The second-order valence-corrected chi connectivity index (χ2v) is 18.5. The van der Waals surface area contributed by atoms with Crippen molar-refractivity contribution in [2.24, 2.45) is 5.92 Å². The molecule has 0 radical (unpaired) electrons. The number of aliphatic hydroxyl groups excluding tert-OH is 1. The van der Waals surface area contributed by atoms with E-state index >= 15 is 0 Å². The first-order valence-corrected chi connectivity index (χ1v) is 23.4. The molecule has 2 aliphatic carbocycles.